The number of likely N-dealkylation sites (tertiary alicyclic amines) is 1. The molecule has 5 nitrogen and oxygen atoms in total. The average Bonchev–Trinajstić information content (AvgIpc) is 3.10. The van der Waals surface area contributed by atoms with Crippen LogP contribution in [0.2, 0.25) is 0 Å². The number of aryl methyl sites for hydroxylation is 1. The van der Waals surface area contributed by atoms with E-state index in [4.69, 9.17) is 0 Å². The number of benzene rings is 1. The Balaban J connectivity index is 1.64. The molecule has 0 radical (unpaired) electrons. The largest absolute Gasteiger partial charge is 0.338 e. The number of hydrogen-bond acceptors (Lipinski definition) is 3. The van der Waals surface area contributed by atoms with Crippen LogP contribution >= 0.6 is 0 Å². The molecular formula is C23H29N3O2. The summed E-state index contributed by atoms with van der Waals surface area (Å²) in [6.45, 7) is 7.66. The summed E-state index contributed by atoms with van der Waals surface area (Å²) in [5.41, 5.74) is 2.90. The third-order valence-electron chi connectivity index (χ3n) is 5.28. The van der Waals surface area contributed by atoms with Gasteiger partial charge in [0.05, 0.1) is 6.20 Å². The van der Waals surface area contributed by atoms with Gasteiger partial charge in [0, 0.05) is 49.5 Å². The monoisotopic (exact) mass is 379 g/mol. The van der Waals surface area contributed by atoms with Crippen LogP contribution in [0.3, 0.4) is 0 Å². The lowest BCUT2D eigenvalue weighted by molar-refractivity contribution is -0.127. The van der Waals surface area contributed by atoms with Crippen LogP contribution in [-0.4, -0.2) is 39.5 Å². The minimum Gasteiger partial charge on any atom is -0.338 e. The normalized spacial score (nSPS) is 17.9. The Morgan fingerprint density at radius 1 is 1.18 bits per heavy atom. The van der Waals surface area contributed by atoms with Gasteiger partial charge in [-0.25, -0.2) is 0 Å². The molecule has 0 N–H and O–H groups in total. The molecule has 1 aromatic carbocycles. The summed E-state index contributed by atoms with van der Waals surface area (Å²) in [5, 5.41) is 4.09. The van der Waals surface area contributed by atoms with Crippen molar-refractivity contribution in [1.82, 2.24) is 14.7 Å². The van der Waals surface area contributed by atoms with Gasteiger partial charge in [-0.05, 0) is 29.9 Å². The molecule has 5 heteroatoms. The Kier molecular flexibility index (Phi) is 5.82. The third kappa shape index (κ3) is 4.77. The highest BCUT2D eigenvalue weighted by molar-refractivity contribution is 5.99. The van der Waals surface area contributed by atoms with Gasteiger partial charge in [0.1, 0.15) is 0 Å². The summed E-state index contributed by atoms with van der Waals surface area (Å²) in [6.07, 6.45) is 8.59. The first-order valence-corrected chi connectivity index (χ1v) is 9.84. The highest BCUT2D eigenvalue weighted by atomic mass is 16.2. The molecule has 1 unspecified atom stereocenters. The number of carbonyl (C=O) groups excluding carboxylic acids is 2. The fourth-order valence-corrected chi connectivity index (χ4v) is 3.56. The van der Waals surface area contributed by atoms with Crippen molar-refractivity contribution < 1.29 is 9.59 Å². The van der Waals surface area contributed by atoms with E-state index < -0.39 is 0 Å². The molecule has 148 valence electrons. The van der Waals surface area contributed by atoms with E-state index in [1.807, 2.05) is 37.5 Å². The van der Waals surface area contributed by atoms with Crippen LogP contribution in [0.25, 0.3) is 6.08 Å². The van der Waals surface area contributed by atoms with Gasteiger partial charge >= 0.3 is 0 Å². The molecule has 28 heavy (non-hydrogen) atoms. The number of amides is 1. The van der Waals surface area contributed by atoms with E-state index in [1.165, 1.54) is 5.56 Å². The molecule has 1 aliphatic rings. The van der Waals surface area contributed by atoms with Gasteiger partial charge in [-0.2, -0.15) is 5.10 Å². The third-order valence-corrected chi connectivity index (χ3v) is 5.28. The van der Waals surface area contributed by atoms with Gasteiger partial charge in [-0.3, -0.25) is 14.3 Å². The lowest BCUT2D eigenvalue weighted by Gasteiger charge is -2.31. The fourth-order valence-electron chi connectivity index (χ4n) is 3.56. The maximum Gasteiger partial charge on any atom is 0.246 e. The molecule has 1 aromatic heterocycles. The van der Waals surface area contributed by atoms with Crippen molar-refractivity contribution >= 4 is 17.8 Å². The van der Waals surface area contributed by atoms with Gasteiger partial charge in [-0.1, -0.05) is 45.0 Å². The quantitative estimate of drug-likeness (QED) is 0.599. The number of rotatable bonds is 4. The van der Waals surface area contributed by atoms with Crippen molar-refractivity contribution in [3.05, 3.63) is 59.4 Å². The molecule has 0 spiro atoms. The van der Waals surface area contributed by atoms with Crippen molar-refractivity contribution in [3.63, 3.8) is 0 Å². The molecular weight excluding hydrogens is 350 g/mol. The topological polar surface area (TPSA) is 55.2 Å². The molecule has 1 saturated heterocycles. The Morgan fingerprint density at radius 2 is 1.89 bits per heavy atom. The maximum atomic E-state index is 12.9. The van der Waals surface area contributed by atoms with Crippen LogP contribution in [0.1, 0.15) is 55.1 Å². The summed E-state index contributed by atoms with van der Waals surface area (Å²) < 4.78 is 1.70. The fraction of sp³-hybridized carbons (Fsp3) is 0.435. The molecule has 2 aromatic rings. The van der Waals surface area contributed by atoms with E-state index in [0.29, 0.717) is 13.1 Å². The second-order valence-corrected chi connectivity index (χ2v) is 8.60. The zero-order valence-electron chi connectivity index (χ0n) is 17.2. The van der Waals surface area contributed by atoms with Crippen LogP contribution in [0, 0.1) is 5.92 Å². The van der Waals surface area contributed by atoms with Crippen LogP contribution in [0.15, 0.2) is 42.7 Å². The molecule has 2 heterocycles. The number of piperidine rings is 1. The van der Waals surface area contributed by atoms with Gasteiger partial charge in [-0.15, -0.1) is 0 Å². The Labute approximate surface area is 167 Å². The summed E-state index contributed by atoms with van der Waals surface area (Å²) >= 11 is 0. The van der Waals surface area contributed by atoms with E-state index >= 15 is 0 Å². The van der Waals surface area contributed by atoms with Crippen LogP contribution < -0.4 is 0 Å². The minimum atomic E-state index is -0.134. The van der Waals surface area contributed by atoms with Crippen molar-refractivity contribution in [1.29, 1.82) is 0 Å². The first-order chi connectivity index (χ1) is 13.2. The molecule has 1 amide bonds. The lowest BCUT2D eigenvalue weighted by Crippen LogP contribution is -2.41. The van der Waals surface area contributed by atoms with Crippen LogP contribution in [0.4, 0.5) is 0 Å². The number of aromatic nitrogens is 2. The van der Waals surface area contributed by atoms with E-state index in [9.17, 15) is 9.59 Å². The van der Waals surface area contributed by atoms with Crippen molar-refractivity contribution in [2.24, 2.45) is 13.0 Å². The van der Waals surface area contributed by atoms with Gasteiger partial charge < -0.3 is 4.90 Å². The summed E-state index contributed by atoms with van der Waals surface area (Å²) in [5.74, 6) is -0.0522. The van der Waals surface area contributed by atoms with E-state index in [1.54, 1.807) is 27.9 Å². The number of Topliss-reactive ketones (excluding diaryl/α,β-unsaturated/α-hetero) is 1. The second kappa shape index (κ2) is 8.13. The number of ketones is 1. The van der Waals surface area contributed by atoms with Crippen molar-refractivity contribution in [2.45, 2.75) is 39.0 Å². The predicted octanol–water partition coefficient (Wildman–Crippen LogP) is 3.85. The van der Waals surface area contributed by atoms with Crippen LogP contribution in [-0.2, 0) is 17.3 Å². The summed E-state index contributed by atoms with van der Waals surface area (Å²) in [6, 6.07) is 7.92. The van der Waals surface area contributed by atoms with Crippen LogP contribution in [0.5, 0.6) is 0 Å². The predicted molar refractivity (Wildman–Crippen MR) is 111 cm³/mol. The molecule has 3 rings (SSSR count). The number of nitrogens with zero attached hydrogens (tertiary/aromatic N) is 3. The molecule has 0 aliphatic carbocycles. The zero-order valence-corrected chi connectivity index (χ0v) is 17.2. The Morgan fingerprint density at radius 3 is 2.50 bits per heavy atom. The number of carbonyl (C=O) groups is 2. The first-order valence-electron chi connectivity index (χ1n) is 9.84. The van der Waals surface area contributed by atoms with E-state index in [-0.39, 0.29) is 23.0 Å². The highest BCUT2D eigenvalue weighted by Gasteiger charge is 2.28. The standard InChI is InChI=1S/C23H29N3O2/c1-23(2,3)20-10-8-18(9-11-20)22(28)19-6-5-13-26(16-19)21(27)12-7-17-14-24-25(4)15-17/h7-12,14-15,19H,5-6,13,16H2,1-4H3. The molecule has 1 aliphatic heterocycles. The zero-order chi connectivity index (χ0) is 20.3. The molecule has 1 atom stereocenters. The molecule has 0 bridgehead atoms. The Hall–Kier alpha value is -2.69. The van der Waals surface area contributed by atoms with Crippen molar-refractivity contribution in [2.75, 3.05) is 13.1 Å². The molecule has 1 fully saturated rings. The van der Waals surface area contributed by atoms with Gasteiger partial charge in [0.25, 0.3) is 0 Å². The van der Waals surface area contributed by atoms with E-state index in [0.717, 1.165) is 24.0 Å². The van der Waals surface area contributed by atoms with E-state index in [2.05, 4.69) is 25.9 Å². The highest BCUT2D eigenvalue weighted by Crippen LogP contribution is 2.25. The molecule has 0 saturated carbocycles. The SMILES string of the molecule is Cn1cc(C=CC(=O)N2CCCC(C(=O)c3ccc(C(C)(C)C)cc3)C2)cn1. The summed E-state index contributed by atoms with van der Waals surface area (Å²) in [4.78, 5) is 27.3. The summed E-state index contributed by atoms with van der Waals surface area (Å²) in [7, 11) is 1.84. The van der Waals surface area contributed by atoms with Gasteiger partial charge in [0.15, 0.2) is 5.78 Å². The van der Waals surface area contributed by atoms with Crippen molar-refractivity contribution in [3.8, 4) is 0 Å². The second-order valence-electron chi connectivity index (χ2n) is 8.60. The Bertz CT molecular complexity index is 872. The van der Waals surface area contributed by atoms with Gasteiger partial charge in [0.2, 0.25) is 5.91 Å². The smallest absolute Gasteiger partial charge is 0.246 e. The maximum absolute atomic E-state index is 12.9. The minimum absolute atomic E-state index is 0.0515. The average molecular weight is 380 g/mol. The lowest BCUT2D eigenvalue weighted by atomic mass is 9.85. The first kappa shape index (κ1) is 20.1. The number of hydrogen-bond donors (Lipinski definition) is 0.